The molecular weight excluding hydrogens is 380 g/mol. The molecule has 146 valence electrons. The summed E-state index contributed by atoms with van der Waals surface area (Å²) in [7, 11) is 2.10. The molecule has 1 saturated heterocycles. The molecular formula is C21H27ClN2O2S. The van der Waals surface area contributed by atoms with Gasteiger partial charge in [-0.15, -0.1) is 0 Å². The summed E-state index contributed by atoms with van der Waals surface area (Å²) in [5.74, 6) is 0.172. The zero-order valence-electron chi connectivity index (χ0n) is 16.8. The third-order valence-electron chi connectivity index (χ3n) is 5.89. The van der Waals surface area contributed by atoms with Gasteiger partial charge in [0.05, 0.1) is 4.91 Å². The zero-order chi connectivity index (χ0) is 20.1. The molecule has 0 saturated carbocycles. The maximum Gasteiger partial charge on any atom is 0.293 e. The number of anilines is 1. The first-order valence-electron chi connectivity index (χ1n) is 9.41. The van der Waals surface area contributed by atoms with E-state index >= 15 is 0 Å². The average molecular weight is 407 g/mol. The van der Waals surface area contributed by atoms with Crippen molar-refractivity contribution in [3.63, 3.8) is 0 Å². The Kier molecular flexibility index (Phi) is 5.39. The fraction of sp³-hybridized carbons (Fsp3) is 0.524. The quantitative estimate of drug-likeness (QED) is 0.586. The van der Waals surface area contributed by atoms with Crippen LogP contribution >= 0.6 is 23.4 Å². The van der Waals surface area contributed by atoms with E-state index in [1.807, 2.05) is 19.9 Å². The van der Waals surface area contributed by atoms with Gasteiger partial charge in [0.25, 0.3) is 11.1 Å². The van der Waals surface area contributed by atoms with Gasteiger partial charge in [-0.3, -0.25) is 14.5 Å². The molecule has 0 spiro atoms. The van der Waals surface area contributed by atoms with Gasteiger partial charge in [0, 0.05) is 29.3 Å². The van der Waals surface area contributed by atoms with Gasteiger partial charge in [-0.2, -0.15) is 0 Å². The molecule has 2 atom stereocenters. The molecule has 2 unspecified atom stereocenters. The molecule has 0 radical (unpaired) electrons. The molecule has 0 N–H and O–H groups in total. The highest BCUT2D eigenvalue weighted by atomic mass is 35.5. The first-order chi connectivity index (χ1) is 12.6. The lowest BCUT2D eigenvalue weighted by Crippen LogP contribution is -2.45. The van der Waals surface area contributed by atoms with Gasteiger partial charge in [0.1, 0.15) is 0 Å². The summed E-state index contributed by atoms with van der Waals surface area (Å²) >= 11 is 7.56. The normalized spacial score (nSPS) is 24.6. The van der Waals surface area contributed by atoms with Crippen LogP contribution in [0, 0.1) is 0 Å². The number of carbonyl (C=O) groups is 2. The van der Waals surface area contributed by atoms with Crippen molar-refractivity contribution in [3.05, 3.63) is 33.2 Å². The van der Waals surface area contributed by atoms with E-state index in [0.717, 1.165) is 35.9 Å². The number of hydrogen-bond donors (Lipinski definition) is 0. The standard InChI is InChI=1S/C21H27ClN2O2S/c1-7-13(3)24-19(25)18(27-20(24)26)9-14-8-15-12(2)11-21(4,5)23(6)17(15)10-16(14)22/h8-10,12-13H,7,11H2,1-6H3/b18-9-. The molecule has 2 aliphatic heterocycles. The molecule has 27 heavy (non-hydrogen) atoms. The molecule has 3 rings (SSSR count). The minimum Gasteiger partial charge on any atom is -0.369 e. The van der Waals surface area contributed by atoms with E-state index < -0.39 is 0 Å². The van der Waals surface area contributed by atoms with Crippen molar-refractivity contribution >= 4 is 46.3 Å². The minimum absolute atomic E-state index is 0.0657. The Morgan fingerprint density at radius 1 is 1.37 bits per heavy atom. The monoisotopic (exact) mass is 406 g/mol. The number of hydrogen-bond acceptors (Lipinski definition) is 4. The molecule has 1 fully saturated rings. The van der Waals surface area contributed by atoms with E-state index in [2.05, 4.69) is 38.8 Å². The van der Waals surface area contributed by atoms with E-state index in [4.69, 9.17) is 11.6 Å². The van der Waals surface area contributed by atoms with Gasteiger partial charge >= 0.3 is 0 Å². The van der Waals surface area contributed by atoms with Crippen LogP contribution in [0.5, 0.6) is 0 Å². The SMILES string of the molecule is CCC(C)N1C(=O)S/C(=C\c2cc3c(cc2Cl)N(C)C(C)(C)CC3C)C1=O. The predicted molar refractivity (Wildman–Crippen MR) is 115 cm³/mol. The zero-order valence-corrected chi connectivity index (χ0v) is 18.4. The van der Waals surface area contributed by atoms with Gasteiger partial charge in [-0.1, -0.05) is 25.4 Å². The third-order valence-corrected chi connectivity index (χ3v) is 7.10. The van der Waals surface area contributed by atoms with Gasteiger partial charge < -0.3 is 4.90 Å². The van der Waals surface area contributed by atoms with Crippen molar-refractivity contribution in [1.29, 1.82) is 0 Å². The second-order valence-corrected chi connectivity index (χ2v) is 9.62. The van der Waals surface area contributed by atoms with Crippen LogP contribution in [0.1, 0.15) is 64.5 Å². The highest BCUT2D eigenvalue weighted by molar-refractivity contribution is 8.18. The number of benzene rings is 1. The van der Waals surface area contributed by atoms with Gasteiger partial charge in [-0.05, 0) is 80.6 Å². The van der Waals surface area contributed by atoms with Crippen molar-refractivity contribution in [2.75, 3.05) is 11.9 Å². The number of thioether (sulfide) groups is 1. The van der Waals surface area contributed by atoms with E-state index in [1.54, 1.807) is 6.08 Å². The lowest BCUT2D eigenvalue weighted by Gasteiger charge is -2.45. The highest BCUT2D eigenvalue weighted by Crippen LogP contribution is 2.45. The molecule has 6 heteroatoms. The van der Waals surface area contributed by atoms with E-state index in [0.29, 0.717) is 15.8 Å². The third kappa shape index (κ3) is 3.52. The number of amides is 2. The topological polar surface area (TPSA) is 40.6 Å². The molecule has 1 aromatic carbocycles. The Balaban J connectivity index is 2.00. The fourth-order valence-corrected chi connectivity index (χ4v) is 5.03. The van der Waals surface area contributed by atoms with Crippen LogP contribution in [0.15, 0.2) is 17.0 Å². The van der Waals surface area contributed by atoms with Crippen LogP contribution in [0.4, 0.5) is 10.5 Å². The van der Waals surface area contributed by atoms with Crippen molar-refractivity contribution in [1.82, 2.24) is 4.90 Å². The summed E-state index contributed by atoms with van der Waals surface area (Å²) in [6.07, 6.45) is 3.55. The number of halogens is 1. The van der Waals surface area contributed by atoms with Gasteiger partial charge in [0.2, 0.25) is 0 Å². The largest absolute Gasteiger partial charge is 0.369 e. The van der Waals surface area contributed by atoms with Crippen LogP contribution < -0.4 is 4.90 Å². The van der Waals surface area contributed by atoms with Crippen LogP contribution in [0.3, 0.4) is 0 Å². The van der Waals surface area contributed by atoms with E-state index in [-0.39, 0.29) is 22.7 Å². The van der Waals surface area contributed by atoms with Crippen molar-refractivity contribution in [2.24, 2.45) is 0 Å². The number of fused-ring (bicyclic) bond motifs is 1. The Morgan fingerprint density at radius 2 is 2.04 bits per heavy atom. The van der Waals surface area contributed by atoms with Crippen LogP contribution in [0.25, 0.3) is 6.08 Å². The van der Waals surface area contributed by atoms with Crippen molar-refractivity contribution in [3.8, 4) is 0 Å². The fourth-order valence-electron chi connectivity index (χ4n) is 3.90. The second-order valence-electron chi connectivity index (χ2n) is 8.22. The Morgan fingerprint density at radius 3 is 2.67 bits per heavy atom. The summed E-state index contributed by atoms with van der Waals surface area (Å²) < 4.78 is 0. The number of nitrogens with zero attached hydrogens (tertiary/aromatic N) is 2. The summed E-state index contributed by atoms with van der Waals surface area (Å²) in [4.78, 5) is 29.0. The summed E-state index contributed by atoms with van der Waals surface area (Å²) in [6.45, 7) is 10.6. The molecule has 4 nitrogen and oxygen atoms in total. The smallest absolute Gasteiger partial charge is 0.293 e. The summed E-state index contributed by atoms with van der Waals surface area (Å²) in [6, 6.07) is 3.96. The number of rotatable bonds is 3. The van der Waals surface area contributed by atoms with Crippen molar-refractivity contribution in [2.45, 2.75) is 65.0 Å². The van der Waals surface area contributed by atoms with Crippen LogP contribution in [0.2, 0.25) is 5.02 Å². The van der Waals surface area contributed by atoms with Crippen LogP contribution in [-0.2, 0) is 4.79 Å². The van der Waals surface area contributed by atoms with Crippen LogP contribution in [-0.4, -0.2) is 34.7 Å². The first kappa shape index (κ1) is 20.3. The lowest BCUT2D eigenvalue weighted by molar-refractivity contribution is -0.124. The second kappa shape index (κ2) is 7.17. The molecule has 0 bridgehead atoms. The van der Waals surface area contributed by atoms with E-state index in [9.17, 15) is 9.59 Å². The lowest BCUT2D eigenvalue weighted by atomic mass is 9.80. The van der Waals surface area contributed by atoms with Gasteiger partial charge in [-0.25, -0.2) is 0 Å². The molecule has 0 aromatic heterocycles. The van der Waals surface area contributed by atoms with E-state index in [1.165, 1.54) is 10.5 Å². The average Bonchev–Trinajstić information content (AvgIpc) is 2.87. The molecule has 0 aliphatic carbocycles. The Bertz CT molecular complexity index is 834. The number of carbonyl (C=O) groups excluding carboxylic acids is 2. The molecule has 2 heterocycles. The van der Waals surface area contributed by atoms with Gasteiger partial charge in [0.15, 0.2) is 0 Å². The molecule has 1 aromatic rings. The molecule has 2 amide bonds. The van der Waals surface area contributed by atoms with Crippen molar-refractivity contribution < 1.29 is 9.59 Å². The summed E-state index contributed by atoms with van der Waals surface area (Å²) in [5.41, 5.74) is 3.23. The Labute approximate surface area is 170 Å². The summed E-state index contributed by atoms with van der Waals surface area (Å²) in [5, 5.41) is 0.394. The number of imide groups is 1. The maximum atomic E-state index is 12.7. The predicted octanol–water partition coefficient (Wildman–Crippen LogP) is 5.90. The highest BCUT2D eigenvalue weighted by Gasteiger charge is 2.38. The maximum absolute atomic E-state index is 12.7. The first-order valence-corrected chi connectivity index (χ1v) is 10.6. The Hall–Kier alpha value is -1.46. The molecule has 2 aliphatic rings. The minimum atomic E-state index is -0.223.